The highest BCUT2D eigenvalue weighted by Gasteiger charge is 2.13. The summed E-state index contributed by atoms with van der Waals surface area (Å²) in [5, 5.41) is 3.25. The van der Waals surface area contributed by atoms with Crippen molar-refractivity contribution in [2.24, 2.45) is 0 Å². The Balaban J connectivity index is 1.42. The first-order valence-electron chi connectivity index (χ1n) is 7.74. The minimum Gasteiger partial charge on any atom is -0.497 e. The van der Waals surface area contributed by atoms with Crippen molar-refractivity contribution in [2.75, 3.05) is 13.7 Å². The number of pyridine rings is 1. The number of aromatic nitrogens is 1. The van der Waals surface area contributed by atoms with Gasteiger partial charge in [0.15, 0.2) is 6.23 Å². The molecule has 5 heteroatoms. The van der Waals surface area contributed by atoms with Gasteiger partial charge in [-0.15, -0.1) is 0 Å². The summed E-state index contributed by atoms with van der Waals surface area (Å²) < 4.78 is 16.3. The molecule has 3 rings (SSSR count). The SMILES string of the molecule is COc1ccc(/C=C/C2NC(COCc3ccccn3)=CO2)cc1. The van der Waals surface area contributed by atoms with Gasteiger partial charge in [0.1, 0.15) is 12.0 Å². The quantitative estimate of drug-likeness (QED) is 0.848. The fraction of sp³-hybridized carbons (Fsp3) is 0.211. The molecule has 0 aliphatic carbocycles. The average Bonchev–Trinajstić information content (AvgIpc) is 3.09. The summed E-state index contributed by atoms with van der Waals surface area (Å²) in [6.07, 6.45) is 7.24. The molecular formula is C19H20N2O3. The molecule has 1 N–H and O–H groups in total. The van der Waals surface area contributed by atoms with Crippen LogP contribution in [0.1, 0.15) is 11.3 Å². The van der Waals surface area contributed by atoms with E-state index in [1.165, 1.54) is 0 Å². The van der Waals surface area contributed by atoms with Crippen molar-refractivity contribution in [3.63, 3.8) is 0 Å². The number of hydrogen-bond donors (Lipinski definition) is 1. The van der Waals surface area contributed by atoms with E-state index in [0.717, 1.165) is 22.7 Å². The lowest BCUT2D eigenvalue weighted by molar-refractivity contribution is 0.135. The van der Waals surface area contributed by atoms with Gasteiger partial charge >= 0.3 is 0 Å². The Morgan fingerprint density at radius 2 is 2.04 bits per heavy atom. The Kier molecular flexibility index (Phi) is 5.48. The van der Waals surface area contributed by atoms with Gasteiger partial charge in [0.2, 0.25) is 0 Å². The summed E-state index contributed by atoms with van der Waals surface area (Å²) in [7, 11) is 1.66. The first-order valence-corrected chi connectivity index (χ1v) is 7.74. The molecule has 0 fully saturated rings. The second-order valence-electron chi connectivity index (χ2n) is 5.29. The lowest BCUT2D eigenvalue weighted by Gasteiger charge is -2.08. The van der Waals surface area contributed by atoms with Crippen LogP contribution in [0.15, 0.2) is 66.7 Å². The van der Waals surface area contributed by atoms with Gasteiger partial charge in [-0.05, 0) is 35.9 Å². The fourth-order valence-corrected chi connectivity index (χ4v) is 2.24. The van der Waals surface area contributed by atoms with Crippen LogP contribution in [-0.2, 0) is 16.1 Å². The van der Waals surface area contributed by atoms with E-state index in [-0.39, 0.29) is 6.23 Å². The molecule has 1 unspecified atom stereocenters. The Bertz CT molecular complexity index is 696. The molecule has 124 valence electrons. The first-order chi connectivity index (χ1) is 11.8. The van der Waals surface area contributed by atoms with Gasteiger partial charge in [-0.2, -0.15) is 0 Å². The highest BCUT2D eigenvalue weighted by molar-refractivity contribution is 5.51. The van der Waals surface area contributed by atoms with E-state index in [4.69, 9.17) is 14.2 Å². The van der Waals surface area contributed by atoms with Crippen molar-refractivity contribution in [1.82, 2.24) is 10.3 Å². The zero-order valence-electron chi connectivity index (χ0n) is 13.5. The van der Waals surface area contributed by atoms with Crippen molar-refractivity contribution in [3.05, 3.63) is 78.0 Å². The molecule has 0 radical (unpaired) electrons. The minimum absolute atomic E-state index is 0.180. The van der Waals surface area contributed by atoms with Crippen LogP contribution >= 0.6 is 0 Å². The molecule has 24 heavy (non-hydrogen) atoms. The van der Waals surface area contributed by atoms with Crippen LogP contribution in [0, 0.1) is 0 Å². The van der Waals surface area contributed by atoms with E-state index in [1.807, 2.05) is 54.6 Å². The smallest absolute Gasteiger partial charge is 0.188 e. The maximum atomic E-state index is 5.63. The molecule has 2 heterocycles. The molecular weight excluding hydrogens is 304 g/mol. The standard InChI is InChI=1S/C19H20N2O3/c1-22-18-8-5-15(6-9-18)7-10-19-21-17(14-24-19)13-23-12-16-4-2-3-11-20-16/h2-11,14,19,21H,12-13H2,1H3/b10-7+. The van der Waals surface area contributed by atoms with Gasteiger partial charge in [-0.25, -0.2) is 0 Å². The highest BCUT2D eigenvalue weighted by atomic mass is 16.5. The molecule has 1 aliphatic rings. The van der Waals surface area contributed by atoms with Gasteiger partial charge < -0.3 is 19.5 Å². The summed E-state index contributed by atoms with van der Waals surface area (Å²) >= 11 is 0. The molecule has 1 aliphatic heterocycles. The van der Waals surface area contributed by atoms with Crippen molar-refractivity contribution < 1.29 is 14.2 Å². The summed E-state index contributed by atoms with van der Waals surface area (Å²) in [6, 6.07) is 13.6. The number of rotatable bonds is 7. The van der Waals surface area contributed by atoms with Crippen molar-refractivity contribution >= 4 is 6.08 Å². The van der Waals surface area contributed by atoms with Crippen LogP contribution in [-0.4, -0.2) is 24.9 Å². The maximum absolute atomic E-state index is 5.63. The van der Waals surface area contributed by atoms with Gasteiger partial charge in [0, 0.05) is 6.20 Å². The summed E-state index contributed by atoms with van der Waals surface area (Å²) in [5.74, 6) is 0.844. The molecule has 0 amide bonds. The molecule has 0 bridgehead atoms. The third-order valence-corrected chi connectivity index (χ3v) is 3.50. The fourth-order valence-electron chi connectivity index (χ4n) is 2.24. The number of hydrogen-bond acceptors (Lipinski definition) is 5. The van der Waals surface area contributed by atoms with Crippen molar-refractivity contribution in [3.8, 4) is 5.75 Å². The average molecular weight is 324 g/mol. The molecule has 0 saturated heterocycles. The number of ether oxygens (including phenoxy) is 3. The van der Waals surface area contributed by atoms with Gasteiger partial charge in [-0.3, -0.25) is 4.98 Å². The van der Waals surface area contributed by atoms with E-state index >= 15 is 0 Å². The summed E-state index contributed by atoms with van der Waals surface area (Å²) in [6.45, 7) is 0.940. The number of nitrogens with one attached hydrogen (secondary N) is 1. The Morgan fingerprint density at radius 1 is 1.17 bits per heavy atom. The molecule has 0 spiro atoms. The Morgan fingerprint density at radius 3 is 2.79 bits per heavy atom. The number of benzene rings is 1. The van der Waals surface area contributed by atoms with Crippen LogP contribution < -0.4 is 10.1 Å². The minimum atomic E-state index is -0.180. The van der Waals surface area contributed by atoms with Crippen molar-refractivity contribution in [2.45, 2.75) is 12.8 Å². The zero-order chi connectivity index (χ0) is 16.6. The first kappa shape index (κ1) is 16.1. The van der Waals surface area contributed by atoms with Crippen LogP contribution in [0.4, 0.5) is 0 Å². The third kappa shape index (κ3) is 4.60. The van der Waals surface area contributed by atoms with Crippen LogP contribution in [0.2, 0.25) is 0 Å². The maximum Gasteiger partial charge on any atom is 0.188 e. The number of methoxy groups -OCH3 is 1. The lowest BCUT2D eigenvalue weighted by Crippen LogP contribution is -2.23. The van der Waals surface area contributed by atoms with E-state index in [9.17, 15) is 0 Å². The summed E-state index contributed by atoms with van der Waals surface area (Å²) in [4.78, 5) is 4.22. The molecule has 1 aromatic carbocycles. The van der Waals surface area contributed by atoms with Crippen LogP contribution in [0.3, 0.4) is 0 Å². The van der Waals surface area contributed by atoms with E-state index in [1.54, 1.807) is 19.6 Å². The molecule has 1 aromatic heterocycles. The van der Waals surface area contributed by atoms with Gasteiger partial charge in [-0.1, -0.05) is 24.3 Å². The largest absolute Gasteiger partial charge is 0.497 e. The molecule has 2 aromatic rings. The molecule has 0 saturated carbocycles. The molecule has 5 nitrogen and oxygen atoms in total. The lowest BCUT2D eigenvalue weighted by atomic mass is 10.2. The third-order valence-electron chi connectivity index (χ3n) is 3.50. The second kappa shape index (κ2) is 8.17. The van der Waals surface area contributed by atoms with Gasteiger partial charge in [0.25, 0.3) is 0 Å². The monoisotopic (exact) mass is 324 g/mol. The summed E-state index contributed by atoms with van der Waals surface area (Å²) in [5.41, 5.74) is 2.91. The van der Waals surface area contributed by atoms with Gasteiger partial charge in [0.05, 0.1) is 31.7 Å². The normalized spacial score (nSPS) is 16.5. The Labute approximate surface area is 141 Å². The van der Waals surface area contributed by atoms with E-state index < -0.39 is 0 Å². The zero-order valence-corrected chi connectivity index (χ0v) is 13.5. The topological polar surface area (TPSA) is 52.6 Å². The van der Waals surface area contributed by atoms with E-state index in [0.29, 0.717) is 13.2 Å². The number of nitrogens with zero attached hydrogens (tertiary/aromatic N) is 1. The predicted octanol–water partition coefficient (Wildman–Crippen LogP) is 3.11. The second-order valence-corrected chi connectivity index (χ2v) is 5.29. The van der Waals surface area contributed by atoms with Crippen molar-refractivity contribution in [1.29, 1.82) is 0 Å². The highest BCUT2D eigenvalue weighted by Crippen LogP contribution is 2.14. The predicted molar refractivity (Wildman–Crippen MR) is 92.0 cm³/mol. The van der Waals surface area contributed by atoms with Crippen LogP contribution in [0.5, 0.6) is 5.75 Å². The van der Waals surface area contributed by atoms with Crippen LogP contribution in [0.25, 0.3) is 6.08 Å². The molecule has 1 atom stereocenters. The Hall–Kier alpha value is -2.79. The van der Waals surface area contributed by atoms with E-state index in [2.05, 4.69) is 10.3 Å².